The van der Waals surface area contributed by atoms with Gasteiger partial charge in [0.15, 0.2) is 5.11 Å². The van der Waals surface area contributed by atoms with E-state index in [9.17, 15) is 0 Å². The van der Waals surface area contributed by atoms with Gasteiger partial charge in [-0.05, 0) is 83.7 Å². The molecule has 6 rings (SSSR count). The molecule has 0 aliphatic carbocycles. The molecule has 5 aromatic rings. The van der Waals surface area contributed by atoms with Gasteiger partial charge < -0.3 is 19.5 Å². The van der Waals surface area contributed by atoms with E-state index >= 15 is 0 Å². The lowest BCUT2D eigenvalue weighted by atomic mass is 10.0. The highest BCUT2D eigenvalue weighted by molar-refractivity contribution is 7.80. The van der Waals surface area contributed by atoms with Crippen molar-refractivity contribution in [3.05, 3.63) is 121 Å². The summed E-state index contributed by atoms with van der Waals surface area (Å²) < 4.78 is 7.63. The van der Waals surface area contributed by atoms with Crippen LogP contribution in [-0.2, 0) is 0 Å². The molecule has 1 aliphatic heterocycles. The third-order valence-corrected chi connectivity index (χ3v) is 6.86. The molecule has 0 radical (unpaired) electrons. The Morgan fingerprint density at radius 1 is 0.829 bits per heavy atom. The van der Waals surface area contributed by atoms with Crippen LogP contribution in [0.5, 0.6) is 5.75 Å². The number of fused-ring (bicyclic) bond motifs is 1. The van der Waals surface area contributed by atoms with Crippen molar-refractivity contribution in [1.82, 2.24) is 14.9 Å². The average Bonchev–Trinajstić information content (AvgIpc) is 3.53. The van der Waals surface area contributed by atoms with E-state index in [-0.39, 0.29) is 12.1 Å². The van der Waals surface area contributed by atoms with Crippen LogP contribution in [0.25, 0.3) is 16.5 Å². The third kappa shape index (κ3) is 3.82. The number of aromatic nitrogens is 2. The fourth-order valence-electron chi connectivity index (χ4n) is 4.87. The number of nitrogens with one attached hydrogen (secondary N) is 1. The van der Waals surface area contributed by atoms with E-state index in [1.807, 2.05) is 48.7 Å². The highest BCUT2D eigenvalue weighted by atomic mass is 32.1. The highest BCUT2D eigenvalue weighted by Gasteiger charge is 2.42. The fraction of sp³-hybridized carbons (Fsp3) is 0.103. The van der Waals surface area contributed by atoms with Gasteiger partial charge in [0.05, 0.1) is 18.8 Å². The van der Waals surface area contributed by atoms with Crippen LogP contribution in [0.1, 0.15) is 23.5 Å². The molecule has 2 aromatic heterocycles. The number of pyridine rings is 1. The molecule has 1 fully saturated rings. The molecule has 35 heavy (non-hydrogen) atoms. The number of hydrogen-bond donors (Lipinski definition) is 1. The number of methoxy groups -OCH3 is 1. The molecule has 172 valence electrons. The number of rotatable bonds is 5. The topological polar surface area (TPSA) is 42.3 Å². The van der Waals surface area contributed by atoms with Gasteiger partial charge in [0.25, 0.3) is 0 Å². The molecule has 0 spiro atoms. The zero-order valence-electron chi connectivity index (χ0n) is 19.2. The van der Waals surface area contributed by atoms with Crippen LogP contribution in [0.15, 0.2) is 109 Å². The van der Waals surface area contributed by atoms with Crippen LogP contribution in [0, 0.1) is 0 Å². The van der Waals surface area contributed by atoms with Crippen molar-refractivity contribution in [3.63, 3.8) is 0 Å². The number of thiocarbonyl (C=S) groups is 1. The van der Waals surface area contributed by atoms with Crippen LogP contribution in [0.4, 0.5) is 5.69 Å². The Balaban J connectivity index is 1.50. The standard InChI is InChI=1S/C29H24N4OS/c1-34-24-15-13-22(14-16-24)33-28(27(31-29(33)35)25-9-4-5-17-30-25)26-10-6-18-32(26)23-12-11-20-7-2-3-8-21(20)19-23/h2-19,27-28H,1H3,(H,31,35). The number of benzene rings is 3. The minimum atomic E-state index is -0.111. The molecule has 2 unspecified atom stereocenters. The minimum absolute atomic E-state index is 0.104. The zero-order chi connectivity index (χ0) is 23.8. The van der Waals surface area contributed by atoms with Crippen LogP contribution >= 0.6 is 12.2 Å². The quantitative estimate of drug-likeness (QED) is 0.306. The molecule has 2 atom stereocenters. The Hall–Kier alpha value is -4.16. The minimum Gasteiger partial charge on any atom is -0.497 e. The lowest BCUT2D eigenvalue weighted by Crippen LogP contribution is -2.30. The van der Waals surface area contributed by atoms with E-state index in [0.29, 0.717) is 5.11 Å². The van der Waals surface area contributed by atoms with Gasteiger partial charge in [-0.3, -0.25) is 4.98 Å². The van der Waals surface area contributed by atoms with E-state index in [1.165, 1.54) is 10.8 Å². The lowest BCUT2D eigenvalue weighted by molar-refractivity contribution is 0.415. The largest absolute Gasteiger partial charge is 0.497 e. The van der Waals surface area contributed by atoms with Crippen molar-refractivity contribution in [2.75, 3.05) is 12.0 Å². The first kappa shape index (κ1) is 21.4. The zero-order valence-corrected chi connectivity index (χ0v) is 20.0. The maximum absolute atomic E-state index is 5.88. The Morgan fingerprint density at radius 3 is 2.37 bits per heavy atom. The van der Waals surface area contributed by atoms with Gasteiger partial charge in [-0.1, -0.05) is 36.4 Å². The number of hydrogen-bond acceptors (Lipinski definition) is 3. The van der Waals surface area contributed by atoms with E-state index in [2.05, 4.69) is 80.6 Å². The Morgan fingerprint density at radius 2 is 1.60 bits per heavy atom. The summed E-state index contributed by atoms with van der Waals surface area (Å²) in [5.74, 6) is 0.809. The fourth-order valence-corrected chi connectivity index (χ4v) is 5.22. The van der Waals surface area contributed by atoms with Gasteiger partial charge in [0.1, 0.15) is 11.8 Å². The number of ether oxygens (including phenoxy) is 1. The first-order chi connectivity index (χ1) is 17.2. The van der Waals surface area contributed by atoms with Gasteiger partial charge in [0, 0.05) is 29.5 Å². The Labute approximate surface area is 209 Å². The summed E-state index contributed by atoms with van der Waals surface area (Å²) in [6.45, 7) is 0. The Bertz CT molecular complexity index is 1500. The molecule has 6 heteroatoms. The van der Waals surface area contributed by atoms with Crippen LogP contribution in [0.3, 0.4) is 0 Å². The molecule has 1 aliphatic rings. The summed E-state index contributed by atoms with van der Waals surface area (Å²) in [6.07, 6.45) is 3.94. The van der Waals surface area contributed by atoms with Crippen molar-refractivity contribution in [3.8, 4) is 11.4 Å². The maximum Gasteiger partial charge on any atom is 0.174 e. The maximum atomic E-state index is 5.88. The van der Waals surface area contributed by atoms with Gasteiger partial charge in [-0.25, -0.2) is 0 Å². The number of anilines is 1. The smallest absolute Gasteiger partial charge is 0.174 e. The summed E-state index contributed by atoms with van der Waals surface area (Å²) in [6, 6.07) is 33.1. The molecule has 3 heterocycles. The second-order valence-electron chi connectivity index (χ2n) is 8.53. The summed E-state index contributed by atoms with van der Waals surface area (Å²) in [5.41, 5.74) is 4.18. The SMILES string of the molecule is COc1ccc(N2C(=S)NC(c3ccccn3)C2c2cccn2-c2ccc3ccccc3c2)cc1. The van der Waals surface area contributed by atoms with Crippen molar-refractivity contribution >= 4 is 33.8 Å². The van der Waals surface area contributed by atoms with Gasteiger partial charge in [0.2, 0.25) is 0 Å². The number of nitrogens with zero attached hydrogens (tertiary/aromatic N) is 3. The molecule has 0 bridgehead atoms. The van der Waals surface area contributed by atoms with Crippen molar-refractivity contribution in [1.29, 1.82) is 0 Å². The van der Waals surface area contributed by atoms with Crippen LogP contribution in [0.2, 0.25) is 0 Å². The van der Waals surface area contributed by atoms with Crippen LogP contribution in [-0.4, -0.2) is 21.8 Å². The van der Waals surface area contributed by atoms with E-state index in [4.69, 9.17) is 17.0 Å². The second-order valence-corrected chi connectivity index (χ2v) is 8.92. The lowest BCUT2D eigenvalue weighted by Gasteiger charge is -2.29. The molecule has 3 aromatic carbocycles. The van der Waals surface area contributed by atoms with Gasteiger partial charge in [-0.2, -0.15) is 0 Å². The van der Waals surface area contributed by atoms with Crippen LogP contribution < -0.4 is 15.0 Å². The van der Waals surface area contributed by atoms with Crippen molar-refractivity contribution in [2.24, 2.45) is 0 Å². The summed E-state index contributed by atoms with van der Waals surface area (Å²) >= 11 is 5.88. The molecule has 0 amide bonds. The predicted octanol–water partition coefficient (Wildman–Crippen LogP) is 6.21. The van der Waals surface area contributed by atoms with E-state index < -0.39 is 0 Å². The molecular formula is C29H24N4OS. The first-order valence-corrected chi connectivity index (χ1v) is 11.9. The first-order valence-electron chi connectivity index (χ1n) is 11.5. The van der Waals surface area contributed by atoms with E-state index in [1.54, 1.807) is 7.11 Å². The molecule has 5 nitrogen and oxygen atoms in total. The molecule has 0 saturated carbocycles. The molecule has 1 saturated heterocycles. The van der Waals surface area contributed by atoms with Crippen molar-refractivity contribution < 1.29 is 4.74 Å². The summed E-state index contributed by atoms with van der Waals surface area (Å²) in [4.78, 5) is 6.86. The monoisotopic (exact) mass is 476 g/mol. The van der Waals surface area contributed by atoms with E-state index in [0.717, 1.165) is 28.5 Å². The third-order valence-electron chi connectivity index (χ3n) is 6.54. The second kappa shape index (κ2) is 8.89. The summed E-state index contributed by atoms with van der Waals surface area (Å²) in [7, 11) is 1.67. The predicted molar refractivity (Wildman–Crippen MR) is 144 cm³/mol. The van der Waals surface area contributed by atoms with Gasteiger partial charge >= 0.3 is 0 Å². The van der Waals surface area contributed by atoms with Crippen molar-refractivity contribution in [2.45, 2.75) is 12.1 Å². The average molecular weight is 477 g/mol. The normalized spacial score (nSPS) is 17.5. The molecular weight excluding hydrogens is 452 g/mol. The van der Waals surface area contributed by atoms with Gasteiger partial charge in [-0.15, -0.1) is 0 Å². The Kier molecular flexibility index (Phi) is 5.43. The molecule has 1 N–H and O–H groups in total. The summed E-state index contributed by atoms with van der Waals surface area (Å²) in [5, 5.41) is 6.64. The highest BCUT2D eigenvalue weighted by Crippen LogP contribution is 2.42.